The van der Waals surface area contributed by atoms with Crippen LogP contribution in [0.4, 0.5) is 11.4 Å². The highest BCUT2D eigenvalue weighted by Crippen LogP contribution is 2.32. The van der Waals surface area contributed by atoms with E-state index in [9.17, 15) is 14.9 Å². The van der Waals surface area contributed by atoms with Crippen LogP contribution in [-0.4, -0.2) is 15.8 Å². The summed E-state index contributed by atoms with van der Waals surface area (Å²) in [6.07, 6.45) is 0. The molecule has 7 nitrogen and oxygen atoms in total. The molecule has 0 spiro atoms. The molecule has 0 fully saturated rings. The molecule has 0 aliphatic heterocycles. The van der Waals surface area contributed by atoms with Crippen LogP contribution < -0.4 is 5.32 Å². The number of aromatic nitrogens is 1. The van der Waals surface area contributed by atoms with Gasteiger partial charge in [0.2, 0.25) is 5.89 Å². The van der Waals surface area contributed by atoms with Crippen molar-refractivity contribution in [2.75, 3.05) is 5.32 Å². The van der Waals surface area contributed by atoms with Crippen molar-refractivity contribution in [3.8, 4) is 11.5 Å². The van der Waals surface area contributed by atoms with E-state index in [-0.39, 0.29) is 11.3 Å². The number of benzene rings is 3. The molecule has 4 aromatic rings. The number of nitrogens with zero attached hydrogens (tertiary/aromatic N) is 2. The summed E-state index contributed by atoms with van der Waals surface area (Å²) in [6.45, 7) is 0. The van der Waals surface area contributed by atoms with Crippen LogP contribution in [0, 0.1) is 10.1 Å². The number of para-hydroxylation sites is 1. The number of hydrogen-bond acceptors (Lipinski definition) is 5. The van der Waals surface area contributed by atoms with Gasteiger partial charge in [0, 0.05) is 22.3 Å². The lowest BCUT2D eigenvalue weighted by Gasteiger charge is -2.06. The van der Waals surface area contributed by atoms with Crippen molar-refractivity contribution >= 4 is 51.6 Å². The number of fused-ring (bicyclic) bond motifs is 1. The molecular weight excluding hydrogens is 417 g/mol. The van der Waals surface area contributed by atoms with Crippen LogP contribution in [0.5, 0.6) is 0 Å². The van der Waals surface area contributed by atoms with Gasteiger partial charge in [-0.2, -0.15) is 0 Å². The Bertz CT molecular complexity index is 1270. The molecule has 4 rings (SSSR count). The molecule has 0 saturated carbocycles. The molecular formula is C20H11Cl2N3O4. The van der Waals surface area contributed by atoms with Gasteiger partial charge in [0.05, 0.1) is 9.95 Å². The summed E-state index contributed by atoms with van der Waals surface area (Å²) in [5.74, 6) is -0.298. The number of amides is 1. The van der Waals surface area contributed by atoms with Gasteiger partial charge in [-0.3, -0.25) is 14.9 Å². The molecule has 0 saturated heterocycles. The van der Waals surface area contributed by atoms with Crippen molar-refractivity contribution in [3.05, 3.63) is 86.4 Å². The molecule has 0 aliphatic rings. The van der Waals surface area contributed by atoms with Gasteiger partial charge in [-0.05, 0) is 36.4 Å². The number of nitrogens with one attached hydrogen (secondary N) is 1. The van der Waals surface area contributed by atoms with E-state index in [2.05, 4.69) is 10.3 Å². The van der Waals surface area contributed by atoms with Crippen molar-refractivity contribution in [1.82, 2.24) is 4.98 Å². The summed E-state index contributed by atoms with van der Waals surface area (Å²) in [7, 11) is 0. The molecule has 1 aromatic heterocycles. The fourth-order valence-electron chi connectivity index (χ4n) is 2.84. The minimum atomic E-state index is -0.599. The zero-order valence-electron chi connectivity index (χ0n) is 14.6. The van der Waals surface area contributed by atoms with E-state index >= 15 is 0 Å². The first-order valence-corrected chi connectivity index (χ1v) is 9.09. The molecule has 144 valence electrons. The molecule has 0 bridgehead atoms. The monoisotopic (exact) mass is 427 g/mol. The fourth-order valence-corrected chi connectivity index (χ4v) is 3.36. The summed E-state index contributed by atoms with van der Waals surface area (Å²) in [6, 6.07) is 15.7. The first kappa shape index (κ1) is 18.9. The number of carbonyl (C=O) groups is 1. The highest BCUT2D eigenvalue weighted by Gasteiger charge is 2.19. The number of nitro benzene ring substituents is 1. The molecule has 0 radical (unpaired) electrons. The van der Waals surface area contributed by atoms with Crippen LogP contribution in [0.1, 0.15) is 10.4 Å². The molecule has 1 amide bonds. The highest BCUT2D eigenvalue weighted by atomic mass is 35.5. The lowest BCUT2D eigenvalue weighted by Crippen LogP contribution is -2.13. The smallest absolute Gasteiger partial charge is 0.282 e. The topological polar surface area (TPSA) is 98.3 Å². The zero-order chi connectivity index (χ0) is 20.5. The average molecular weight is 428 g/mol. The Hall–Kier alpha value is -3.42. The minimum Gasteiger partial charge on any atom is -0.435 e. The lowest BCUT2D eigenvalue weighted by atomic mass is 10.1. The third kappa shape index (κ3) is 3.78. The standard InChI is InChI=1S/C20H11Cl2N3O4/c21-12-9-15(22)18-16(10-12)24-20(29-18)11-4-3-5-13(8-11)23-19(26)14-6-1-2-7-17(14)25(27)28/h1-10H,(H,23,26). The minimum absolute atomic E-state index is 0.0359. The second kappa shape index (κ2) is 7.54. The summed E-state index contributed by atoms with van der Waals surface area (Å²) < 4.78 is 5.73. The van der Waals surface area contributed by atoms with Crippen molar-refractivity contribution in [3.63, 3.8) is 0 Å². The third-order valence-corrected chi connectivity index (χ3v) is 4.62. The quantitative estimate of drug-likeness (QED) is 0.319. The number of hydrogen-bond donors (Lipinski definition) is 1. The number of nitro groups is 1. The van der Waals surface area contributed by atoms with Gasteiger partial charge < -0.3 is 9.73 Å². The number of oxazole rings is 1. The summed E-state index contributed by atoms with van der Waals surface area (Å²) in [5, 5.41) is 14.6. The first-order valence-electron chi connectivity index (χ1n) is 8.33. The molecule has 1 heterocycles. The van der Waals surface area contributed by atoms with E-state index in [1.54, 1.807) is 42.5 Å². The predicted molar refractivity (Wildman–Crippen MR) is 111 cm³/mol. The Balaban J connectivity index is 1.66. The van der Waals surface area contributed by atoms with E-state index in [1.165, 1.54) is 18.2 Å². The maximum atomic E-state index is 12.5. The van der Waals surface area contributed by atoms with Gasteiger partial charge in [-0.1, -0.05) is 41.4 Å². The van der Waals surface area contributed by atoms with Gasteiger partial charge in [-0.25, -0.2) is 4.98 Å². The summed E-state index contributed by atoms with van der Waals surface area (Å²) in [4.78, 5) is 27.4. The number of rotatable bonds is 4. The SMILES string of the molecule is O=C(Nc1cccc(-c2nc3cc(Cl)cc(Cl)c3o2)c1)c1ccccc1[N+](=O)[O-]. The third-order valence-electron chi connectivity index (χ3n) is 4.12. The normalized spacial score (nSPS) is 10.8. The summed E-state index contributed by atoms with van der Waals surface area (Å²) >= 11 is 12.1. The Morgan fingerprint density at radius 2 is 1.86 bits per heavy atom. The Labute approximate surface area is 174 Å². The van der Waals surface area contributed by atoms with Crippen LogP contribution in [0.3, 0.4) is 0 Å². The van der Waals surface area contributed by atoms with Gasteiger partial charge in [0.15, 0.2) is 5.58 Å². The molecule has 0 aliphatic carbocycles. The molecule has 3 aromatic carbocycles. The zero-order valence-corrected chi connectivity index (χ0v) is 16.1. The van der Waals surface area contributed by atoms with Gasteiger partial charge in [0.1, 0.15) is 11.1 Å². The maximum absolute atomic E-state index is 12.5. The molecule has 0 unspecified atom stereocenters. The fraction of sp³-hybridized carbons (Fsp3) is 0. The average Bonchev–Trinajstić information content (AvgIpc) is 3.12. The van der Waals surface area contributed by atoms with E-state index in [1.807, 2.05) is 0 Å². The van der Waals surface area contributed by atoms with Crippen molar-refractivity contribution in [2.24, 2.45) is 0 Å². The Morgan fingerprint density at radius 3 is 2.66 bits per heavy atom. The van der Waals surface area contributed by atoms with Gasteiger partial charge in [0.25, 0.3) is 11.6 Å². The van der Waals surface area contributed by atoms with E-state index in [4.69, 9.17) is 27.6 Å². The Kier molecular flexibility index (Phi) is 4.92. The van der Waals surface area contributed by atoms with E-state index < -0.39 is 10.8 Å². The lowest BCUT2D eigenvalue weighted by molar-refractivity contribution is -0.385. The maximum Gasteiger partial charge on any atom is 0.282 e. The predicted octanol–water partition coefficient (Wildman–Crippen LogP) is 5.96. The molecule has 9 heteroatoms. The number of anilines is 1. The molecule has 29 heavy (non-hydrogen) atoms. The number of halogens is 2. The van der Waals surface area contributed by atoms with Crippen molar-refractivity contribution in [2.45, 2.75) is 0 Å². The highest BCUT2D eigenvalue weighted by molar-refractivity contribution is 6.38. The van der Waals surface area contributed by atoms with Crippen LogP contribution in [-0.2, 0) is 0 Å². The van der Waals surface area contributed by atoms with Crippen LogP contribution in [0.25, 0.3) is 22.6 Å². The second-order valence-corrected chi connectivity index (χ2v) is 6.91. The van der Waals surface area contributed by atoms with Crippen molar-refractivity contribution < 1.29 is 14.1 Å². The largest absolute Gasteiger partial charge is 0.435 e. The van der Waals surface area contributed by atoms with E-state index in [0.29, 0.717) is 38.3 Å². The molecule has 0 atom stereocenters. The Morgan fingerprint density at radius 1 is 1.07 bits per heavy atom. The number of carbonyl (C=O) groups excluding carboxylic acids is 1. The molecule has 1 N–H and O–H groups in total. The van der Waals surface area contributed by atoms with Gasteiger partial charge >= 0.3 is 0 Å². The summed E-state index contributed by atoms with van der Waals surface area (Å²) in [5.41, 5.74) is 1.62. The van der Waals surface area contributed by atoms with E-state index in [0.717, 1.165) is 0 Å². The first-order chi connectivity index (χ1) is 13.9. The van der Waals surface area contributed by atoms with Crippen LogP contribution in [0.15, 0.2) is 65.1 Å². The van der Waals surface area contributed by atoms with Crippen LogP contribution >= 0.6 is 23.2 Å². The van der Waals surface area contributed by atoms with Gasteiger partial charge in [-0.15, -0.1) is 0 Å². The van der Waals surface area contributed by atoms with Crippen molar-refractivity contribution in [1.29, 1.82) is 0 Å². The van der Waals surface area contributed by atoms with Crippen LogP contribution in [0.2, 0.25) is 10.0 Å². The second-order valence-electron chi connectivity index (χ2n) is 6.06.